The first kappa shape index (κ1) is 10.3. The highest BCUT2D eigenvalue weighted by atomic mass is 35.5. The number of benzene rings is 1. The van der Waals surface area contributed by atoms with Crippen LogP contribution in [-0.4, -0.2) is 12.5 Å². The molecule has 1 aliphatic rings. The fraction of sp³-hybridized carbons (Fsp3) is 0.364. The SMILES string of the molecule is CC1(C)COc2ccc(Cl)cc2NC1=O. The van der Waals surface area contributed by atoms with Gasteiger partial charge in [0, 0.05) is 5.02 Å². The molecule has 80 valence electrons. The van der Waals surface area contributed by atoms with Gasteiger partial charge in [0.1, 0.15) is 12.4 Å². The summed E-state index contributed by atoms with van der Waals surface area (Å²) in [5.41, 5.74) is 0.115. The summed E-state index contributed by atoms with van der Waals surface area (Å²) < 4.78 is 5.55. The van der Waals surface area contributed by atoms with Crippen LogP contribution in [-0.2, 0) is 4.79 Å². The van der Waals surface area contributed by atoms with E-state index >= 15 is 0 Å². The molecule has 0 spiro atoms. The maximum atomic E-state index is 11.8. The van der Waals surface area contributed by atoms with Crippen molar-refractivity contribution >= 4 is 23.2 Å². The molecule has 1 aromatic rings. The number of hydrogen-bond acceptors (Lipinski definition) is 2. The highest BCUT2D eigenvalue weighted by Gasteiger charge is 2.32. The van der Waals surface area contributed by atoms with E-state index in [1.807, 2.05) is 13.8 Å². The van der Waals surface area contributed by atoms with E-state index in [1.54, 1.807) is 18.2 Å². The standard InChI is InChI=1S/C11H12ClNO2/c1-11(2)6-15-9-4-3-7(12)5-8(9)13-10(11)14/h3-5H,6H2,1-2H3,(H,13,14). The van der Waals surface area contributed by atoms with Gasteiger partial charge in [-0.1, -0.05) is 11.6 Å². The second kappa shape index (κ2) is 3.42. The number of anilines is 1. The molecule has 0 atom stereocenters. The molecule has 1 aromatic carbocycles. The minimum absolute atomic E-state index is 0.0523. The number of ether oxygens (including phenoxy) is 1. The van der Waals surface area contributed by atoms with Crippen LogP contribution < -0.4 is 10.1 Å². The predicted octanol–water partition coefficient (Wildman–Crippen LogP) is 2.70. The van der Waals surface area contributed by atoms with Gasteiger partial charge in [-0.25, -0.2) is 0 Å². The van der Waals surface area contributed by atoms with Gasteiger partial charge in [0.05, 0.1) is 11.1 Å². The van der Waals surface area contributed by atoms with E-state index in [9.17, 15) is 4.79 Å². The first-order chi connectivity index (χ1) is 6.99. The smallest absolute Gasteiger partial charge is 0.233 e. The molecule has 4 heteroatoms. The topological polar surface area (TPSA) is 38.3 Å². The molecular weight excluding hydrogens is 214 g/mol. The maximum absolute atomic E-state index is 11.8. The van der Waals surface area contributed by atoms with E-state index in [0.29, 0.717) is 23.1 Å². The molecule has 0 unspecified atom stereocenters. The Hall–Kier alpha value is -1.22. The molecule has 1 heterocycles. The van der Waals surface area contributed by atoms with E-state index < -0.39 is 5.41 Å². The third-order valence-corrected chi connectivity index (χ3v) is 2.63. The second-order valence-electron chi connectivity index (χ2n) is 4.27. The minimum Gasteiger partial charge on any atom is -0.490 e. The van der Waals surface area contributed by atoms with E-state index in [0.717, 1.165) is 0 Å². The normalized spacial score (nSPS) is 18.5. The van der Waals surface area contributed by atoms with Crippen LogP contribution in [0.3, 0.4) is 0 Å². The zero-order valence-corrected chi connectivity index (χ0v) is 9.39. The summed E-state index contributed by atoms with van der Waals surface area (Å²) >= 11 is 5.84. The third-order valence-electron chi connectivity index (χ3n) is 2.39. The van der Waals surface area contributed by atoms with Crippen molar-refractivity contribution in [3.05, 3.63) is 23.2 Å². The van der Waals surface area contributed by atoms with E-state index in [4.69, 9.17) is 16.3 Å². The van der Waals surface area contributed by atoms with Crippen molar-refractivity contribution in [2.24, 2.45) is 5.41 Å². The summed E-state index contributed by atoms with van der Waals surface area (Å²) in [5, 5.41) is 3.39. The molecule has 0 aliphatic carbocycles. The first-order valence-corrected chi connectivity index (χ1v) is 5.11. The Balaban J connectivity index is 2.40. The first-order valence-electron chi connectivity index (χ1n) is 4.73. The van der Waals surface area contributed by atoms with Gasteiger partial charge in [-0.05, 0) is 32.0 Å². The molecule has 15 heavy (non-hydrogen) atoms. The van der Waals surface area contributed by atoms with Crippen LogP contribution in [0, 0.1) is 5.41 Å². The molecule has 0 radical (unpaired) electrons. The quantitative estimate of drug-likeness (QED) is 0.737. The molecule has 1 aliphatic heterocycles. The Morgan fingerprint density at radius 3 is 2.93 bits per heavy atom. The van der Waals surface area contributed by atoms with Crippen LogP contribution in [0.4, 0.5) is 5.69 Å². The minimum atomic E-state index is -0.522. The van der Waals surface area contributed by atoms with Gasteiger partial charge in [0.2, 0.25) is 5.91 Å². The van der Waals surface area contributed by atoms with Crippen molar-refractivity contribution < 1.29 is 9.53 Å². The molecule has 0 saturated carbocycles. The van der Waals surface area contributed by atoms with Gasteiger partial charge in [-0.3, -0.25) is 4.79 Å². The van der Waals surface area contributed by atoms with E-state index in [1.165, 1.54) is 0 Å². The number of rotatable bonds is 0. The van der Waals surface area contributed by atoms with Crippen LogP contribution in [0.5, 0.6) is 5.75 Å². The molecule has 0 aromatic heterocycles. The van der Waals surface area contributed by atoms with Crippen LogP contribution in [0.2, 0.25) is 5.02 Å². The average molecular weight is 226 g/mol. The maximum Gasteiger partial charge on any atom is 0.233 e. The average Bonchev–Trinajstić information content (AvgIpc) is 2.25. The second-order valence-corrected chi connectivity index (χ2v) is 4.70. The van der Waals surface area contributed by atoms with Crippen molar-refractivity contribution in [1.29, 1.82) is 0 Å². The summed E-state index contributed by atoms with van der Waals surface area (Å²) in [5.74, 6) is 0.613. The Labute approximate surface area is 93.4 Å². The van der Waals surface area contributed by atoms with Crippen LogP contribution in [0.1, 0.15) is 13.8 Å². The molecule has 3 nitrogen and oxygen atoms in total. The van der Waals surface area contributed by atoms with Crippen molar-refractivity contribution in [3.8, 4) is 5.75 Å². The van der Waals surface area contributed by atoms with Crippen molar-refractivity contribution in [2.75, 3.05) is 11.9 Å². The zero-order valence-electron chi connectivity index (χ0n) is 8.63. The Morgan fingerprint density at radius 2 is 2.20 bits per heavy atom. The largest absolute Gasteiger partial charge is 0.490 e. The van der Waals surface area contributed by atoms with Gasteiger partial charge < -0.3 is 10.1 Å². The lowest BCUT2D eigenvalue weighted by Gasteiger charge is -2.18. The Bertz CT molecular complexity index is 415. The zero-order chi connectivity index (χ0) is 11.1. The monoisotopic (exact) mass is 225 g/mol. The van der Waals surface area contributed by atoms with E-state index in [2.05, 4.69) is 5.32 Å². The molecule has 1 amide bonds. The third kappa shape index (κ3) is 1.92. The summed E-state index contributed by atoms with van der Waals surface area (Å²) in [6.45, 7) is 4.05. The van der Waals surface area contributed by atoms with Crippen molar-refractivity contribution in [1.82, 2.24) is 0 Å². The number of fused-ring (bicyclic) bond motifs is 1. The molecule has 1 N–H and O–H groups in total. The number of hydrogen-bond donors (Lipinski definition) is 1. The molecule has 0 bridgehead atoms. The van der Waals surface area contributed by atoms with Gasteiger partial charge in [0.25, 0.3) is 0 Å². The summed E-state index contributed by atoms with van der Waals surface area (Å²) in [4.78, 5) is 11.8. The van der Waals surface area contributed by atoms with Crippen LogP contribution >= 0.6 is 11.6 Å². The summed E-state index contributed by atoms with van der Waals surface area (Å²) in [6, 6.07) is 5.19. The molecule has 0 saturated heterocycles. The number of nitrogens with one attached hydrogen (secondary N) is 1. The number of halogens is 1. The number of amides is 1. The summed E-state index contributed by atoms with van der Waals surface area (Å²) in [7, 11) is 0. The van der Waals surface area contributed by atoms with Gasteiger partial charge in [-0.2, -0.15) is 0 Å². The lowest BCUT2D eigenvalue weighted by Crippen LogP contribution is -2.33. The van der Waals surface area contributed by atoms with Crippen molar-refractivity contribution in [2.45, 2.75) is 13.8 Å². The Morgan fingerprint density at radius 1 is 1.47 bits per heavy atom. The highest BCUT2D eigenvalue weighted by Crippen LogP contribution is 2.33. The van der Waals surface area contributed by atoms with Gasteiger partial charge >= 0.3 is 0 Å². The molecule has 0 fully saturated rings. The number of carbonyl (C=O) groups excluding carboxylic acids is 1. The molecular formula is C11H12ClNO2. The lowest BCUT2D eigenvalue weighted by atomic mass is 9.94. The number of carbonyl (C=O) groups is 1. The summed E-state index contributed by atoms with van der Waals surface area (Å²) in [6.07, 6.45) is 0. The fourth-order valence-electron chi connectivity index (χ4n) is 1.34. The van der Waals surface area contributed by atoms with Crippen LogP contribution in [0.25, 0.3) is 0 Å². The predicted molar refractivity (Wildman–Crippen MR) is 59.4 cm³/mol. The fourth-order valence-corrected chi connectivity index (χ4v) is 1.51. The van der Waals surface area contributed by atoms with E-state index in [-0.39, 0.29) is 5.91 Å². The van der Waals surface area contributed by atoms with Gasteiger partial charge in [0.15, 0.2) is 0 Å². The van der Waals surface area contributed by atoms with Crippen LogP contribution in [0.15, 0.2) is 18.2 Å². The van der Waals surface area contributed by atoms with Gasteiger partial charge in [-0.15, -0.1) is 0 Å². The molecule has 2 rings (SSSR count). The van der Waals surface area contributed by atoms with Crippen molar-refractivity contribution in [3.63, 3.8) is 0 Å². The highest BCUT2D eigenvalue weighted by molar-refractivity contribution is 6.31. The lowest BCUT2D eigenvalue weighted by molar-refractivity contribution is -0.124. The Kier molecular flexibility index (Phi) is 2.35.